The number of esters is 1. The van der Waals surface area contributed by atoms with Gasteiger partial charge < -0.3 is 14.7 Å². The molecule has 0 unspecified atom stereocenters. The van der Waals surface area contributed by atoms with Crippen LogP contribution in [-0.2, 0) is 9.53 Å². The molecule has 0 bridgehead atoms. The molecule has 5 heteroatoms. The number of hydrogen-bond donors (Lipinski definition) is 1. The Morgan fingerprint density at radius 1 is 1.40 bits per heavy atom. The number of hydrogen-bond acceptors (Lipinski definition) is 3. The van der Waals surface area contributed by atoms with Gasteiger partial charge in [0.1, 0.15) is 6.61 Å². The number of carboxylic acid groups (broad SMARTS) is 1. The molecule has 15 heavy (non-hydrogen) atoms. The summed E-state index contributed by atoms with van der Waals surface area (Å²) in [6, 6.07) is 0. The molecule has 0 aromatic heterocycles. The summed E-state index contributed by atoms with van der Waals surface area (Å²) in [6.07, 6.45) is -0.332. The fraction of sp³-hybridized carbons (Fsp3) is 0.800. The Bertz CT molecular complexity index is 238. The van der Waals surface area contributed by atoms with Crippen molar-refractivity contribution >= 4 is 12.1 Å². The van der Waals surface area contributed by atoms with Crippen molar-refractivity contribution in [1.82, 2.24) is 4.90 Å². The Hall–Kier alpha value is -1.26. The van der Waals surface area contributed by atoms with Crippen LogP contribution in [0, 0.1) is 5.41 Å². The van der Waals surface area contributed by atoms with E-state index in [2.05, 4.69) is 0 Å². The number of amides is 1. The lowest BCUT2D eigenvalue weighted by Crippen LogP contribution is -2.32. The lowest BCUT2D eigenvalue weighted by Gasteiger charge is -2.21. The van der Waals surface area contributed by atoms with Crippen LogP contribution < -0.4 is 0 Å². The maximum atomic E-state index is 11.5. The maximum absolute atomic E-state index is 11.5. The first-order valence-electron chi connectivity index (χ1n) is 4.92. The summed E-state index contributed by atoms with van der Waals surface area (Å²) in [7, 11) is 1.43. The van der Waals surface area contributed by atoms with Gasteiger partial charge in [-0.05, 0) is 20.3 Å². The number of rotatable bonds is 5. The van der Waals surface area contributed by atoms with Crippen LogP contribution in [0.15, 0.2) is 0 Å². The lowest BCUT2D eigenvalue weighted by molar-refractivity contribution is -0.154. The van der Waals surface area contributed by atoms with Gasteiger partial charge in [0.15, 0.2) is 0 Å². The fourth-order valence-electron chi connectivity index (χ4n) is 0.711. The largest absolute Gasteiger partial charge is 0.465 e. The molecule has 0 aliphatic heterocycles. The number of carbonyl (C=O) groups is 2. The summed E-state index contributed by atoms with van der Waals surface area (Å²) < 4.78 is 4.97. The average Bonchev–Trinajstić information content (AvgIpc) is 2.17. The second kappa shape index (κ2) is 5.58. The molecule has 88 valence electrons. The lowest BCUT2D eigenvalue weighted by atomic mass is 9.91. The highest BCUT2D eigenvalue weighted by Crippen LogP contribution is 2.21. The molecule has 0 aromatic carbocycles. The van der Waals surface area contributed by atoms with E-state index >= 15 is 0 Å². The molecule has 1 N–H and O–H groups in total. The van der Waals surface area contributed by atoms with E-state index in [9.17, 15) is 9.59 Å². The Labute approximate surface area is 90.0 Å². The van der Waals surface area contributed by atoms with Gasteiger partial charge in [0.05, 0.1) is 12.0 Å². The van der Waals surface area contributed by atoms with Gasteiger partial charge in [-0.3, -0.25) is 4.79 Å². The predicted octanol–water partition coefficient (Wildman–Crippen LogP) is 1.58. The zero-order valence-corrected chi connectivity index (χ0v) is 9.74. The molecule has 0 heterocycles. The van der Waals surface area contributed by atoms with Crippen molar-refractivity contribution in [3.63, 3.8) is 0 Å². The van der Waals surface area contributed by atoms with Crippen LogP contribution in [0.25, 0.3) is 0 Å². The molecule has 0 rings (SSSR count). The van der Waals surface area contributed by atoms with E-state index < -0.39 is 11.5 Å². The second-order valence-corrected chi connectivity index (χ2v) is 4.08. The van der Waals surface area contributed by atoms with Gasteiger partial charge in [0, 0.05) is 7.05 Å². The third-order valence-electron chi connectivity index (χ3n) is 2.42. The maximum Gasteiger partial charge on any atom is 0.407 e. The molecule has 0 aliphatic rings. The molecular formula is C10H19NO4. The van der Waals surface area contributed by atoms with Crippen LogP contribution in [0.5, 0.6) is 0 Å². The smallest absolute Gasteiger partial charge is 0.407 e. The third kappa shape index (κ3) is 4.67. The zero-order valence-electron chi connectivity index (χ0n) is 9.74. The SMILES string of the molecule is CCC(C)(C)C(=O)OCCN(C)C(=O)O. The van der Waals surface area contributed by atoms with Crippen molar-refractivity contribution in [2.45, 2.75) is 27.2 Å². The monoisotopic (exact) mass is 217 g/mol. The Morgan fingerprint density at radius 2 is 1.93 bits per heavy atom. The minimum Gasteiger partial charge on any atom is -0.465 e. The van der Waals surface area contributed by atoms with Gasteiger partial charge in [-0.1, -0.05) is 6.92 Å². The van der Waals surface area contributed by atoms with Gasteiger partial charge in [0.2, 0.25) is 0 Å². The van der Waals surface area contributed by atoms with Crippen LogP contribution in [-0.4, -0.2) is 42.3 Å². The number of carbonyl (C=O) groups excluding carboxylic acids is 1. The average molecular weight is 217 g/mol. The van der Waals surface area contributed by atoms with E-state index in [0.717, 1.165) is 4.90 Å². The summed E-state index contributed by atoms with van der Waals surface area (Å²) in [6.45, 7) is 5.81. The Balaban J connectivity index is 3.88. The van der Waals surface area contributed by atoms with E-state index in [1.807, 2.05) is 6.92 Å². The first-order valence-corrected chi connectivity index (χ1v) is 4.92. The number of ether oxygens (including phenoxy) is 1. The van der Waals surface area contributed by atoms with E-state index in [4.69, 9.17) is 9.84 Å². The van der Waals surface area contributed by atoms with Crippen molar-refractivity contribution in [3.05, 3.63) is 0 Å². The molecule has 1 amide bonds. The van der Waals surface area contributed by atoms with E-state index in [-0.39, 0.29) is 19.1 Å². The van der Waals surface area contributed by atoms with Gasteiger partial charge >= 0.3 is 12.1 Å². The van der Waals surface area contributed by atoms with Crippen molar-refractivity contribution in [1.29, 1.82) is 0 Å². The summed E-state index contributed by atoms with van der Waals surface area (Å²) in [5.41, 5.74) is -0.498. The molecule has 0 radical (unpaired) electrons. The standard InChI is InChI=1S/C10H19NO4/c1-5-10(2,3)8(12)15-7-6-11(4)9(13)14/h5-7H2,1-4H3,(H,13,14). The molecule has 0 aromatic rings. The van der Waals surface area contributed by atoms with Crippen LogP contribution in [0.3, 0.4) is 0 Å². The van der Waals surface area contributed by atoms with E-state index in [1.165, 1.54) is 7.05 Å². The second-order valence-electron chi connectivity index (χ2n) is 4.08. The molecule has 0 fully saturated rings. The molecule has 0 spiro atoms. The van der Waals surface area contributed by atoms with E-state index in [1.54, 1.807) is 13.8 Å². The molecule has 0 saturated carbocycles. The normalized spacial score (nSPS) is 10.9. The van der Waals surface area contributed by atoms with Crippen LogP contribution >= 0.6 is 0 Å². The first kappa shape index (κ1) is 13.7. The molecule has 0 atom stereocenters. The zero-order chi connectivity index (χ0) is 12.1. The van der Waals surface area contributed by atoms with Crippen LogP contribution in [0.4, 0.5) is 4.79 Å². The van der Waals surface area contributed by atoms with Gasteiger partial charge in [-0.25, -0.2) is 4.79 Å². The van der Waals surface area contributed by atoms with Crippen molar-refractivity contribution in [3.8, 4) is 0 Å². The summed E-state index contributed by atoms with van der Waals surface area (Å²) in [5, 5.41) is 8.54. The number of nitrogens with zero attached hydrogens (tertiary/aromatic N) is 1. The quantitative estimate of drug-likeness (QED) is 0.710. The highest BCUT2D eigenvalue weighted by Gasteiger charge is 2.26. The first-order chi connectivity index (χ1) is 6.81. The molecule has 0 aliphatic carbocycles. The van der Waals surface area contributed by atoms with Gasteiger partial charge in [-0.15, -0.1) is 0 Å². The van der Waals surface area contributed by atoms with Gasteiger partial charge in [0.25, 0.3) is 0 Å². The number of likely N-dealkylation sites (N-methyl/N-ethyl adjacent to an activating group) is 1. The van der Waals surface area contributed by atoms with Gasteiger partial charge in [-0.2, -0.15) is 0 Å². The fourth-order valence-corrected chi connectivity index (χ4v) is 0.711. The van der Waals surface area contributed by atoms with E-state index in [0.29, 0.717) is 6.42 Å². The molecule has 5 nitrogen and oxygen atoms in total. The molecular weight excluding hydrogens is 198 g/mol. The topological polar surface area (TPSA) is 66.8 Å². The van der Waals surface area contributed by atoms with Crippen molar-refractivity contribution < 1.29 is 19.4 Å². The summed E-state index contributed by atoms with van der Waals surface area (Å²) in [4.78, 5) is 22.9. The highest BCUT2D eigenvalue weighted by molar-refractivity contribution is 5.75. The van der Waals surface area contributed by atoms with Crippen LogP contribution in [0.2, 0.25) is 0 Å². The van der Waals surface area contributed by atoms with Crippen LogP contribution in [0.1, 0.15) is 27.2 Å². The Morgan fingerprint density at radius 3 is 2.33 bits per heavy atom. The minimum atomic E-state index is -1.03. The van der Waals surface area contributed by atoms with Crippen molar-refractivity contribution in [2.24, 2.45) is 5.41 Å². The predicted molar refractivity (Wildman–Crippen MR) is 55.7 cm³/mol. The molecule has 0 saturated heterocycles. The van der Waals surface area contributed by atoms with Crippen molar-refractivity contribution in [2.75, 3.05) is 20.2 Å². The minimum absolute atomic E-state index is 0.102. The third-order valence-corrected chi connectivity index (χ3v) is 2.42. The summed E-state index contributed by atoms with van der Waals surface area (Å²) >= 11 is 0. The summed E-state index contributed by atoms with van der Waals surface area (Å²) in [5.74, 6) is -0.288. The Kier molecular flexibility index (Phi) is 5.11. The highest BCUT2D eigenvalue weighted by atomic mass is 16.5.